The first-order valence-corrected chi connectivity index (χ1v) is 21.5. The summed E-state index contributed by atoms with van der Waals surface area (Å²) in [6, 6.07) is 16.8. The predicted octanol–water partition coefficient (Wildman–Crippen LogP) is 3.87. The van der Waals surface area contributed by atoms with E-state index in [2.05, 4.69) is 89.7 Å². The van der Waals surface area contributed by atoms with E-state index in [-0.39, 0.29) is 48.0 Å². The highest BCUT2D eigenvalue weighted by molar-refractivity contribution is 6.33. The van der Waals surface area contributed by atoms with Crippen molar-refractivity contribution in [1.82, 2.24) is 55.0 Å². The van der Waals surface area contributed by atoms with Crippen molar-refractivity contribution in [3.8, 4) is 0 Å². The van der Waals surface area contributed by atoms with Crippen molar-refractivity contribution in [2.75, 3.05) is 60.9 Å². The number of piperidine rings is 2. The summed E-state index contributed by atoms with van der Waals surface area (Å²) in [6.07, 6.45) is 8.90. The molecule has 4 fully saturated rings. The van der Waals surface area contributed by atoms with E-state index in [1.807, 2.05) is 18.2 Å². The van der Waals surface area contributed by atoms with Crippen molar-refractivity contribution >= 4 is 74.3 Å². The molecule has 1 unspecified atom stereocenters. The zero-order valence-corrected chi connectivity index (χ0v) is 34.6. The molecule has 3 amide bonds. The summed E-state index contributed by atoms with van der Waals surface area (Å²) < 4.78 is 3.17. The number of imide groups is 1. The first-order chi connectivity index (χ1) is 30.2. The molecule has 18 nitrogen and oxygen atoms in total. The number of hydrogen-bond donors (Lipinski definition) is 3. The van der Waals surface area contributed by atoms with E-state index >= 15 is 0 Å². The van der Waals surface area contributed by atoms with Crippen molar-refractivity contribution in [3.05, 3.63) is 94.5 Å². The van der Waals surface area contributed by atoms with Gasteiger partial charge in [0.05, 0.1) is 16.7 Å². The quantitative estimate of drug-likeness (QED) is 0.168. The van der Waals surface area contributed by atoms with Crippen LogP contribution in [0.4, 0.5) is 22.9 Å². The van der Waals surface area contributed by atoms with Crippen molar-refractivity contribution in [1.29, 1.82) is 0 Å². The Balaban J connectivity index is 0.691. The summed E-state index contributed by atoms with van der Waals surface area (Å²) in [4.78, 5) is 75.3. The fourth-order valence-corrected chi connectivity index (χ4v) is 9.34. The molecule has 4 aromatic heterocycles. The molecule has 1 aliphatic carbocycles. The summed E-state index contributed by atoms with van der Waals surface area (Å²) in [5, 5.41) is 17.8. The Kier molecular flexibility index (Phi) is 10.7. The van der Waals surface area contributed by atoms with Gasteiger partial charge in [0.15, 0.2) is 17.0 Å². The van der Waals surface area contributed by atoms with Gasteiger partial charge >= 0.3 is 0 Å². The number of halogens is 1. The lowest BCUT2D eigenvalue weighted by molar-refractivity contribution is -0.136. The molecule has 10 rings (SSSR count). The largest absolute Gasteiger partial charge is 0.371 e. The number of hydrogen-bond acceptors (Lipinski definition) is 14. The molecule has 0 bridgehead atoms. The minimum absolute atomic E-state index is 0.0106. The smallest absolute Gasteiger partial charge is 0.278 e. The van der Waals surface area contributed by atoms with E-state index < -0.39 is 11.9 Å². The van der Waals surface area contributed by atoms with Gasteiger partial charge in [-0.1, -0.05) is 16.8 Å². The van der Waals surface area contributed by atoms with Gasteiger partial charge in [0.1, 0.15) is 23.6 Å². The molecule has 0 spiro atoms. The van der Waals surface area contributed by atoms with Gasteiger partial charge in [-0.3, -0.25) is 29.4 Å². The Labute approximate surface area is 360 Å². The summed E-state index contributed by atoms with van der Waals surface area (Å²) in [7, 11) is 0. The normalized spacial score (nSPS) is 21.2. The maximum absolute atomic E-state index is 13.4. The lowest BCUT2D eigenvalue weighted by atomic mass is 9.86. The van der Waals surface area contributed by atoms with Crippen LogP contribution in [0.1, 0.15) is 61.1 Å². The van der Waals surface area contributed by atoms with E-state index in [0.29, 0.717) is 33.2 Å². The second-order valence-electron chi connectivity index (χ2n) is 16.6. The Morgan fingerprint density at radius 3 is 2.40 bits per heavy atom. The van der Waals surface area contributed by atoms with Crippen molar-refractivity contribution in [2.45, 2.75) is 56.7 Å². The number of rotatable bonds is 10. The van der Waals surface area contributed by atoms with E-state index in [9.17, 15) is 19.2 Å². The molecule has 1 atom stereocenters. The van der Waals surface area contributed by atoms with Gasteiger partial charge in [0.25, 0.3) is 17.4 Å². The Hall–Kier alpha value is -6.53. The predicted molar refractivity (Wildman–Crippen MR) is 233 cm³/mol. The van der Waals surface area contributed by atoms with E-state index in [1.54, 1.807) is 31.0 Å². The van der Waals surface area contributed by atoms with Crippen LogP contribution in [0.15, 0.2) is 78.2 Å². The molecule has 3 N–H and O–H groups in total. The third kappa shape index (κ3) is 7.90. The van der Waals surface area contributed by atoms with Crippen LogP contribution in [-0.2, 0) is 9.59 Å². The minimum Gasteiger partial charge on any atom is -0.371 e. The molecule has 62 heavy (non-hydrogen) atoms. The number of nitrogens with one attached hydrogen (secondary N) is 3. The number of carbonyl (C=O) groups is 3. The zero-order chi connectivity index (χ0) is 42.3. The number of benzene rings is 2. The number of piperazine rings is 1. The van der Waals surface area contributed by atoms with Crippen LogP contribution in [-0.4, -0.2) is 114 Å². The summed E-state index contributed by atoms with van der Waals surface area (Å²) in [6.45, 7) is 6.76. The lowest BCUT2D eigenvalue weighted by Crippen LogP contribution is -2.49. The molecular weight excluding hydrogens is 812 g/mol. The Morgan fingerprint density at radius 1 is 0.855 bits per heavy atom. The number of pyridine rings is 1. The van der Waals surface area contributed by atoms with Crippen LogP contribution in [0.5, 0.6) is 0 Å². The molecule has 19 heteroatoms. The number of amides is 3. The Bertz CT molecular complexity index is 2720. The van der Waals surface area contributed by atoms with Gasteiger partial charge < -0.3 is 25.0 Å². The molecule has 7 heterocycles. The average Bonchev–Trinajstić information content (AvgIpc) is 3.71. The van der Waals surface area contributed by atoms with Gasteiger partial charge in [-0.25, -0.2) is 19.9 Å². The lowest BCUT2D eigenvalue weighted by Gasteiger charge is -2.40. The van der Waals surface area contributed by atoms with Crippen LogP contribution < -0.4 is 31.3 Å². The summed E-state index contributed by atoms with van der Waals surface area (Å²) in [5.41, 5.74) is 4.83. The molecule has 1 saturated carbocycles. The molecule has 2 aromatic carbocycles. The number of aromatic nitrogens is 8. The molecule has 3 saturated heterocycles. The average molecular weight is 857 g/mol. The fourth-order valence-electron chi connectivity index (χ4n) is 9.13. The monoisotopic (exact) mass is 856 g/mol. The fraction of sp³-hybridized carbons (Fsp3) is 0.395. The molecule has 3 aliphatic heterocycles. The van der Waals surface area contributed by atoms with Crippen LogP contribution >= 0.6 is 11.6 Å². The first kappa shape index (κ1) is 39.6. The standard InChI is InChI=1S/C43H45ClN14O4/c44-33-2-1-13-45-37(33)42(61)50-28-20-31(21-28)57-25-48-38-39(46-24-47-40(38)57)49-27-3-5-29(6-4-27)56-18-16-54(17-19-56)23-26-11-14-55(15-12-26)30-7-8-34-32(22-30)43(62)58(53-52-34)35-9-10-36(59)51-41(35)60/h1-8,13,22,24-26,28,31,35H,9-12,14-21,23H2,(H,50,61)(H,46,47,49)(H,51,59,60). The van der Waals surface area contributed by atoms with Crippen molar-refractivity contribution < 1.29 is 14.4 Å². The molecule has 0 radical (unpaired) electrons. The van der Waals surface area contributed by atoms with E-state index in [4.69, 9.17) is 11.6 Å². The number of nitrogens with zero attached hydrogens (tertiary/aromatic N) is 11. The van der Waals surface area contributed by atoms with Crippen molar-refractivity contribution in [3.63, 3.8) is 0 Å². The number of carbonyl (C=O) groups excluding carboxylic acids is 3. The SMILES string of the molecule is O=C1CCC(n2nnc3ccc(N4CCC(CN5CCN(c6ccc(Nc7ncnc8c7ncn8C7CC(NC(=O)c8ncccc8Cl)C7)cc6)CC5)CC4)cc3c2=O)C(=O)N1. The van der Waals surface area contributed by atoms with E-state index in [1.165, 1.54) is 5.69 Å². The Morgan fingerprint density at radius 2 is 1.63 bits per heavy atom. The minimum atomic E-state index is -0.847. The third-order valence-electron chi connectivity index (χ3n) is 12.7. The maximum atomic E-state index is 13.4. The first-order valence-electron chi connectivity index (χ1n) is 21.2. The zero-order valence-electron chi connectivity index (χ0n) is 33.9. The van der Waals surface area contributed by atoms with E-state index in [0.717, 1.165) is 93.2 Å². The van der Waals surface area contributed by atoms with Gasteiger partial charge in [0, 0.05) is 87.6 Å². The third-order valence-corrected chi connectivity index (χ3v) is 13.0. The maximum Gasteiger partial charge on any atom is 0.278 e. The highest BCUT2D eigenvalue weighted by Crippen LogP contribution is 2.36. The number of anilines is 4. The number of imidazole rings is 1. The molecular formula is C43H45ClN14O4. The van der Waals surface area contributed by atoms with Crippen LogP contribution in [0.25, 0.3) is 22.1 Å². The topological polar surface area (TPSA) is 201 Å². The summed E-state index contributed by atoms with van der Waals surface area (Å²) >= 11 is 6.16. The van der Waals surface area contributed by atoms with Gasteiger partial charge in [-0.15, -0.1) is 5.10 Å². The summed E-state index contributed by atoms with van der Waals surface area (Å²) in [5.74, 6) is 0.0927. The highest BCUT2D eigenvalue weighted by Gasteiger charge is 2.34. The van der Waals surface area contributed by atoms with Crippen LogP contribution in [0.3, 0.4) is 0 Å². The molecule has 4 aliphatic rings. The molecule has 318 valence electrons. The number of fused-ring (bicyclic) bond motifs is 2. The van der Waals surface area contributed by atoms with Gasteiger partial charge in [0.2, 0.25) is 5.91 Å². The van der Waals surface area contributed by atoms with Crippen molar-refractivity contribution in [2.24, 2.45) is 5.92 Å². The van der Waals surface area contributed by atoms with Gasteiger partial charge in [-0.05, 0) is 92.6 Å². The second kappa shape index (κ2) is 16.7. The second-order valence-corrected chi connectivity index (χ2v) is 17.0. The van der Waals surface area contributed by atoms with Gasteiger partial charge in [-0.2, -0.15) is 4.68 Å². The highest BCUT2D eigenvalue weighted by atomic mass is 35.5. The molecule has 6 aromatic rings. The van der Waals surface area contributed by atoms with Crippen LogP contribution in [0.2, 0.25) is 5.02 Å². The van der Waals surface area contributed by atoms with Crippen LogP contribution in [0, 0.1) is 5.92 Å².